The molecule has 0 radical (unpaired) electrons. The minimum absolute atomic E-state index is 0. The Kier molecular flexibility index (Phi) is 6.87. The number of rotatable bonds is 5. The van der Waals surface area contributed by atoms with E-state index in [1.165, 1.54) is 6.07 Å². The predicted molar refractivity (Wildman–Crippen MR) is 83.4 cm³/mol. The van der Waals surface area contributed by atoms with E-state index in [0.29, 0.717) is 17.9 Å². The molecular formula is C14H21ClFN3O2. The molecule has 1 fully saturated rings. The Morgan fingerprint density at radius 3 is 2.90 bits per heavy atom. The van der Waals surface area contributed by atoms with Gasteiger partial charge in [-0.2, -0.15) is 0 Å². The molecule has 0 saturated carbocycles. The van der Waals surface area contributed by atoms with Crippen molar-refractivity contribution in [1.82, 2.24) is 0 Å². The maximum Gasteiger partial charge on any atom is 0.241 e. The lowest BCUT2D eigenvalue weighted by molar-refractivity contribution is -0.117. The first-order valence-corrected chi connectivity index (χ1v) is 6.77. The minimum Gasteiger partial charge on any atom is -0.380 e. The lowest BCUT2D eigenvalue weighted by Crippen LogP contribution is -2.32. The molecule has 0 bridgehead atoms. The van der Waals surface area contributed by atoms with Crippen LogP contribution in [0.4, 0.5) is 15.8 Å². The highest BCUT2D eigenvalue weighted by Gasteiger charge is 2.16. The Bertz CT molecular complexity index is 479. The summed E-state index contributed by atoms with van der Waals surface area (Å²) in [5.74, 6) is -0.755. The van der Waals surface area contributed by atoms with Crippen LogP contribution in [-0.2, 0) is 9.53 Å². The van der Waals surface area contributed by atoms with Gasteiger partial charge in [-0.3, -0.25) is 4.79 Å². The number of nitrogens with two attached hydrogens (primary N) is 1. The number of carbonyl (C=O) groups is 1. The SMILES string of the molecule is CC(N)C(=O)Nc1ccc(NCC2CCCO2)c(F)c1.Cl. The van der Waals surface area contributed by atoms with E-state index in [0.717, 1.165) is 19.4 Å². The average molecular weight is 318 g/mol. The van der Waals surface area contributed by atoms with E-state index in [1.807, 2.05) is 0 Å². The normalized spacial score (nSPS) is 18.7. The van der Waals surface area contributed by atoms with Crippen molar-refractivity contribution >= 4 is 29.7 Å². The number of ether oxygens (including phenoxy) is 1. The minimum atomic E-state index is -0.629. The van der Waals surface area contributed by atoms with Crippen LogP contribution in [-0.4, -0.2) is 31.2 Å². The van der Waals surface area contributed by atoms with Gasteiger partial charge in [-0.25, -0.2) is 4.39 Å². The highest BCUT2D eigenvalue weighted by molar-refractivity contribution is 5.94. The summed E-state index contributed by atoms with van der Waals surface area (Å²) in [6.07, 6.45) is 2.20. The summed E-state index contributed by atoms with van der Waals surface area (Å²) in [6.45, 7) is 2.93. The van der Waals surface area contributed by atoms with Gasteiger partial charge >= 0.3 is 0 Å². The fourth-order valence-electron chi connectivity index (χ4n) is 2.02. The van der Waals surface area contributed by atoms with Gasteiger partial charge in [0.1, 0.15) is 5.82 Å². The van der Waals surface area contributed by atoms with Crippen molar-refractivity contribution in [3.05, 3.63) is 24.0 Å². The third-order valence-corrected chi connectivity index (χ3v) is 3.19. The van der Waals surface area contributed by atoms with Crippen LogP contribution in [0.2, 0.25) is 0 Å². The highest BCUT2D eigenvalue weighted by Crippen LogP contribution is 2.20. The number of amides is 1. The molecule has 0 aliphatic carbocycles. The highest BCUT2D eigenvalue weighted by atomic mass is 35.5. The van der Waals surface area contributed by atoms with Gasteiger partial charge in [0, 0.05) is 18.8 Å². The van der Waals surface area contributed by atoms with Crippen molar-refractivity contribution < 1.29 is 13.9 Å². The van der Waals surface area contributed by atoms with Gasteiger partial charge in [0.25, 0.3) is 0 Å². The molecule has 1 amide bonds. The van der Waals surface area contributed by atoms with E-state index >= 15 is 0 Å². The summed E-state index contributed by atoms with van der Waals surface area (Å²) in [4.78, 5) is 11.4. The summed E-state index contributed by atoms with van der Waals surface area (Å²) in [7, 11) is 0. The quantitative estimate of drug-likeness (QED) is 0.777. The first-order valence-electron chi connectivity index (χ1n) is 6.77. The molecule has 7 heteroatoms. The van der Waals surface area contributed by atoms with Crippen molar-refractivity contribution in [2.24, 2.45) is 5.73 Å². The van der Waals surface area contributed by atoms with Crippen LogP contribution in [0.5, 0.6) is 0 Å². The molecule has 0 aromatic heterocycles. The molecule has 1 aliphatic rings. The van der Waals surface area contributed by atoms with Gasteiger partial charge < -0.3 is 21.1 Å². The van der Waals surface area contributed by atoms with Crippen LogP contribution in [0.1, 0.15) is 19.8 Å². The Hall–Kier alpha value is -1.37. The van der Waals surface area contributed by atoms with Crippen LogP contribution >= 0.6 is 12.4 Å². The Labute approximate surface area is 129 Å². The standard InChI is InChI=1S/C14H20FN3O2.ClH/c1-9(16)14(19)18-10-4-5-13(12(15)7-10)17-8-11-3-2-6-20-11;/h4-5,7,9,11,17H,2-3,6,8,16H2,1H3,(H,18,19);1H. The van der Waals surface area contributed by atoms with Gasteiger partial charge in [-0.1, -0.05) is 0 Å². The van der Waals surface area contributed by atoms with Gasteiger partial charge in [0.15, 0.2) is 0 Å². The van der Waals surface area contributed by atoms with Gasteiger partial charge in [0.2, 0.25) is 5.91 Å². The van der Waals surface area contributed by atoms with Gasteiger partial charge in [-0.05, 0) is 38.0 Å². The van der Waals surface area contributed by atoms with E-state index in [2.05, 4.69) is 10.6 Å². The van der Waals surface area contributed by atoms with Crippen molar-refractivity contribution in [1.29, 1.82) is 0 Å². The van der Waals surface area contributed by atoms with Crippen LogP contribution in [0.25, 0.3) is 0 Å². The molecule has 1 aliphatic heterocycles. The largest absolute Gasteiger partial charge is 0.380 e. The second kappa shape index (κ2) is 8.17. The number of hydrogen-bond donors (Lipinski definition) is 3. The zero-order chi connectivity index (χ0) is 14.5. The first-order chi connectivity index (χ1) is 9.56. The summed E-state index contributed by atoms with van der Waals surface area (Å²) in [5.41, 5.74) is 6.24. The Morgan fingerprint density at radius 2 is 2.33 bits per heavy atom. The second-order valence-electron chi connectivity index (χ2n) is 4.99. The predicted octanol–water partition coefficient (Wildman–Crippen LogP) is 2.12. The van der Waals surface area contributed by atoms with E-state index in [4.69, 9.17) is 10.5 Å². The third-order valence-electron chi connectivity index (χ3n) is 3.19. The lowest BCUT2D eigenvalue weighted by atomic mass is 10.2. The van der Waals surface area contributed by atoms with Crippen LogP contribution in [0, 0.1) is 5.82 Å². The molecule has 2 unspecified atom stereocenters. The molecule has 1 aromatic carbocycles. The molecule has 2 rings (SSSR count). The molecule has 1 heterocycles. The van der Waals surface area contributed by atoms with E-state index in [1.54, 1.807) is 19.1 Å². The van der Waals surface area contributed by atoms with Crippen molar-refractivity contribution in [2.75, 3.05) is 23.8 Å². The smallest absolute Gasteiger partial charge is 0.241 e. The topological polar surface area (TPSA) is 76.4 Å². The lowest BCUT2D eigenvalue weighted by Gasteiger charge is -2.14. The van der Waals surface area contributed by atoms with Crippen molar-refractivity contribution in [3.8, 4) is 0 Å². The fourth-order valence-corrected chi connectivity index (χ4v) is 2.02. The number of halogens is 2. The second-order valence-corrected chi connectivity index (χ2v) is 4.99. The number of carbonyl (C=O) groups excluding carboxylic acids is 1. The maximum absolute atomic E-state index is 13.9. The average Bonchev–Trinajstić information content (AvgIpc) is 2.90. The number of hydrogen-bond acceptors (Lipinski definition) is 4. The molecule has 4 N–H and O–H groups in total. The summed E-state index contributed by atoms with van der Waals surface area (Å²) in [5, 5.41) is 5.57. The van der Waals surface area contributed by atoms with E-state index < -0.39 is 11.9 Å². The number of anilines is 2. The molecule has 0 spiro atoms. The molecule has 1 aromatic rings. The van der Waals surface area contributed by atoms with Crippen LogP contribution in [0.15, 0.2) is 18.2 Å². The molecule has 2 atom stereocenters. The fraction of sp³-hybridized carbons (Fsp3) is 0.500. The number of benzene rings is 1. The number of nitrogens with one attached hydrogen (secondary N) is 2. The molecule has 5 nitrogen and oxygen atoms in total. The molecule has 1 saturated heterocycles. The van der Waals surface area contributed by atoms with Gasteiger partial charge in [-0.15, -0.1) is 12.4 Å². The summed E-state index contributed by atoms with van der Waals surface area (Å²) in [6, 6.07) is 3.89. The molecule has 118 valence electrons. The van der Waals surface area contributed by atoms with Crippen molar-refractivity contribution in [3.63, 3.8) is 0 Å². The third kappa shape index (κ3) is 5.15. The maximum atomic E-state index is 13.9. The first kappa shape index (κ1) is 17.7. The van der Waals surface area contributed by atoms with Gasteiger partial charge in [0.05, 0.1) is 17.8 Å². The molecule has 21 heavy (non-hydrogen) atoms. The van der Waals surface area contributed by atoms with E-state index in [-0.39, 0.29) is 24.4 Å². The van der Waals surface area contributed by atoms with Crippen LogP contribution < -0.4 is 16.4 Å². The zero-order valence-electron chi connectivity index (χ0n) is 11.9. The van der Waals surface area contributed by atoms with E-state index in [9.17, 15) is 9.18 Å². The summed E-state index contributed by atoms with van der Waals surface area (Å²) < 4.78 is 19.4. The van der Waals surface area contributed by atoms with Crippen molar-refractivity contribution in [2.45, 2.75) is 31.9 Å². The summed E-state index contributed by atoms with van der Waals surface area (Å²) >= 11 is 0. The Balaban J connectivity index is 0.00000220. The monoisotopic (exact) mass is 317 g/mol. The molecular weight excluding hydrogens is 297 g/mol. The zero-order valence-corrected chi connectivity index (χ0v) is 12.7. The Morgan fingerprint density at radius 1 is 1.57 bits per heavy atom. The van der Waals surface area contributed by atoms with Crippen LogP contribution in [0.3, 0.4) is 0 Å².